The van der Waals surface area contributed by atoms with Gasteiger partial charge in [-0.15, -0.1) is 23.7 Å². The smallest absolute Gasteiger partial charge is 0.176 e. The van der Waals surface area contributed by atoms with Crippen molar-refractivity contribution in [3.63, 3.8) is 0 Å². The monoisotopic (exact) mass is 287 g/mol. The van der Waals surface area contributed by atoms with E-state index in [1.807, 2.05) is 24.3 Å². The molecule has 98 valence electrons. The van der Waals surface area contributed by atoms with Gasteiger partial charge in [0, 0.05) is 23.5 Å². The van der Waals surface area contributed by atoms with Crippen LogP contribution in [0, 0.1) is 5.13 Å². The van der Waals surface area contributed by atoms with Gasteiger partial charge in [-0.1, -0.05) is 18.2 Å². The number of rotatable bonds is 5. The molecular weight excluding hydrogens is 273 g/mol. The third-order valence-electron chi connectivity index (χ3n) is 2.44. The van der Waals surface area contributed by atoms with Crippen LogP contribution < -0.4 is 10.1 Å². The first-order valence-electron chi connectivity index (χ1n) is 5.36. The van der Waals surface area contributed by atoms with Crippen molar-refractivity contribution in [1.82, 2.24) is 5.32 Å². The molecule has 1 aromatic carbocycles. The fourth-order valence-corrected chi connectivity index (χ4v) is 2.31. The van der Waals surface area contributed by atoms with E-state index in [2.05, 4.69) is 5.32 Å². The predicted octanol–water partition coefficient (Wildman–Crippen LogP) is 3.61. The van der Waals surface area contributed by atoms with E-state index in [9.17, 15) is 4.39 Å². The molecule has 0 aliphatic rings. The van der Waals surface area contributed by atoms with Crippen LogP contribution in [0.15, 0.2) is 36.4 Å². The lowest BCUT2D eigenvalue weighted by Crippen LogP contribution is -2.12. The summed E-state index contributed by atoms with van der Waals surface area (Å²) < 4.78 is 18.0. The Morgan fingerprint density at radius 1 is 1.17 bits per heavy atom. The number of hydrogen-bond donors (Lipinski definition) is 1. The molecule has 0 spiro atoms. The van der Waals surface area contributed by atoms with Gasteiger partial charge in [0.1, 0.15) is 5.75 Å². The number of hydrogen-bond acceptors (Lipinski definition) is 3. The topological polar surface area (TPSA) is 21.3 Å². The molecule has 0 fully saturated rings. The first-order valence-corrected chi connectivity index (χ1v) is 6.18. The third-order valence-corrected chi connectivity index (χ3v) is 3.31. The molecule has 1 heterocycles. The third kappa shape index (κ3) is 3.98. The molecule has 0 unspecified atom stereocenters. The molecule has 0 saturated heterocycles. The molecule has 5 heteroatoms. The summed E-state index contributed by atoms with van der Waals surface area (Å²) in [5.41, 5.74) is 1.10. The van der Waals surface area contributed by atoms with Crippen LogP contribution in [0.5, 0.6) is 5.75 Å². The fraction of sp³-hybridized carbons (Fsp3) is 0.231. The van der Waals surface area contributed by atoms with E-state index in [0.717, 1.165) is 16.2 Å². The molecule has 1 N–H and O–H groups in total. The van der Waals surface area contributed by atoms with Crippen molar-refractivity contribution in [1.29, 1.82) is 0 Å². The van der Waals surface area contributed by atoms with Crippen LogP contribution in [0.3, 0.4) is 0 Å². The Kier molecular flexibility index (Phi) is 6.12. The molecule has 0 radical (unpaired) electrons. The summed E-state index contributed by atoms with van der Waals surface area (Å²) in [6.45, 7) is 1.39. The van der Waals surface area contributed by atoms with E-state index in [4.69, 9.17) is 4.74 Å². The first-order chi connectivity index (χ1) is 8.29. The molecule has 2 aromatic rings. The van der Waals surface area contributed by atoms with Gasteiger partial charge >= 0.3 is 0 Å². The maximum Gasteiger partial charge on any atom is 0.176 e. The number of ether oxygens (including phenoxy) is 1. The van der Waals surface area contributed by atoms with E-state index >= 15 is 0 Å². The maximum atomic E-state index is 12.8. The second-order valence-electron chi connectivity index (χ2n) is 3.62. The van der Waals surface area contributed by atoms with Crippen LogP contribution in [0.4, 0.5) is 4.39 Å². The molecule has 0 aliphatic heterocycles. The van der Waals surface area contributed by atoms with Crippen molar-refractivity contribution in [3.8, 4) is 5.75 Å². The van der Waals surface area contributed by atoms with Gasteiger partial charge in [0.25, 0.3) is 0 Å². The summed E-state index contributed by atoms with van der Waals surface area (Å²) in [5.74, 6) is 0.873. The van der Waals surface area contributed by atoms with Crippen molar-refractivity contribution in [2.24, 2.45) is 0 Å². The van der Waals surface area contributed by atoms with Gasteiger partial charge in [-0.25, -0.2) is 0 Å². The highest BCUT2D eigenvalue weighted by Crippen LogP contribution is 2.18. The fourth-order valence-electron chi connectivity index (χ4n) is 1.62. The van der Waals surface area contributed by atoms with Crippen LogP contribution in [0.1, 0.15) is 10.4 Å². The highest BCUT2D eigenvalue weighted by Gasteiger charge is 2.02. The lowest BCUT2D eigenvalue weighted by Gasteiger charge is -2.08. The normalized spacial score (nSPS) is 9.89. The molecule has 0 bridgehead atoms. The molecule has 18 heavy (non-hydrogen) atoms. The summed E-state index contributed by atoms with van der Waals surface area (Å²) >= 11 is 1.17. The number of para-hydroxylation sites is 1. The molecule has 2 nitrogen and oxygen atoms in total. The molecule has 0 saturated carbocycles. The molecule has 1 aromatic heterocycles. The zero-order valence-corrected chi connectivity index (χ0v) is 11.6. The van der Waals surface area contributed by atoms with Gasteiger partial charge in [-0.2, -0.15) is 4.39 Å². The molecule has 0 aliphatic carbocycles. The van der Waals surface area contributed by atoms with Gasteiger partial charge in [0.2, 0.25) is 0 Å². The van der Waals surface area contributed by atoms with Crippen LogP contribution in [0.2, 0.25) is 0 Å². The van der Waals surface area contributed by atoms with Crippen molar-refractivity contribution >= 4 is 23.7 Å². The van der Waals surface area contributed by atoms with Crippen molar-refractivity contribution in [2.45, 2.75) is 13.1 Å². The van der Waals surface area contributed by atoms with Gasteiger partial charge in [-0.05, 0) is 18.2 Å². The average Bonchev–Trinajstić information content (AvgIpc) is 2.76. The zero-order chi connectivity index (χ0) is 12.1. The van der Waals surface area contributed by atoms with E-state index in [-0.39, 0.29) is 17.5 Å². The Hall–Kier alpha value is -1.10. The van der Waals surface area contributed by atoms with Gasteiger partial charge in [0.05, 0.1) is 7.11 Å². The van der Waals surface area contributed by atoms with Crippen LogP contribution in [-0.4, -0.2) is 7.11 Å². The Bertz CT molecular complexity index is 489. The lowest BCUT2D eigenvalue weighted by molar-refractivity contribution is 0.407. The van der Waals surface area contributed by atoms with E-state index in [1.54, 1.807) is 13.2 Å². The summed E-state index contributed by atoms with van der Waals surface area (Å²) in [6, 6.07) is 11.2. The van der Waals surface area contributed by atoms with E-state index in [1.165, 1.54) is 17.4 Å². The summed E-state index contributed by atoms with van der Waals surface area (Å²) in [6.07, 6.45) is 0. The van der Waals surface area contributed by atoms with Crippen molar-refractivity contribution in [3.05, 3.63) is 52.0 Å². The number of halogens is 2. The Morgan fingerprint density at radius 3 is 2.61 bits per heavy atom. The van der Waals surface area contributed by atoms with Gasteiger partial charge < -0.3 is 10.1 Å². The van der Waals surface area contributed by atoms with Gasteiger partial charge in [0.15, 0.2) is 5.13 Å². The quantitative estimate of drug-likeness (QED) is 0.907. The Balaban J connectivity index is 0.00000162. The SMILES string of the molecule is COc1ccccc1CNCc1ccc(F)s1.Cl. The first kappa shape index (κ1) is 15.0. The second kappa shape index (κ2) is 7.36. The number of thiophene rings is 1. The Labute approximate surface area is 116 Å². The zero-order valence-electron chi connectivity index (χ0n) is 9.98. The second-order valence-corrected chi connectivity index (χ2v) is 4.74. The summed E-state index contributed by atoms with van der Waals surface area (Å²) in [5, 5.41) is 3.13. The number of nitrogens with one attached hydrogen (secondary N) is 1. The highest BCUT2D eigenvalue weighted by molar-refractivity contribution is 7.10. The summed E-state index contributed by atoms with van der Waals surface area (Å²) in [7, 11) is 1.66. The maximum absolute atomic E-state index is 12.8. The minimum Gasteiger partial charge on any atom is -0.496 e. The van der Waals surface area contributed by atoms with Crippen LogP contribution >= 0.6 is 23.7 Å². The number of benzene rings is 1. The lowest BCUT2D eigenvalue weighted by atomic mass is 10.2. The molecule has 0 atom stereocenters. The van der Waals surface area contributed by atoms with Crippen molar-refractivity contribution < 1.29 is 9.13 Å². The van der Waals surface area contributed by atoms with Crippen LogP contribution in [-0.2, 0) is 13.1 Å². The minimum atomic E-state index is -0.140. The molecule has 0 amide bonds. The predicted molar refractivity (Wildman–Crippen MR) is 75.1 cm³/mol. The minimum absolute atomic E-state index is 0. The molecule has 2 rings (SSSR count). The number of methoxy groups -OCH3 is 1. The largest absolute Gasteiger partial charge is 0.496 e. The van der Waals surface area contributed by atoms with Gasteiger partial charge in [-0.3, -0.25) is 0 Å². The Morgan fingerprint density at radius 2 is 1.94 bits per heavy atom. The van der Waals surface area contributed by atoms with E-state index < -0.39 is 0 Å². The standard InChI is InChI=1S/C13H14FNOS.ClH/c1-16-12-5-3-2-4-10(12)8-15-9-11-6-7-13(14)17-11;/h2-7,15H,8-9H2,1H3;1H. The average molecular weight is 288 g/mol. The van der Waals surface area contributed by atoms with E-state index in [0.29, 0.717) is 13.1 Å². The highest BCUT2D eigenvalue weighted by atomic mass is 35.5. The van der Waals surface area contributed by atoms with Crippen LogP contribution in [0.25, 0.3) is 0 Å². The van der Waals surface area contributed by atoms with Crippen molar-refractivity contribution in [2.75, 3.05) is 7.11 Å². The summed E-state index contributed by atoms with van der Waals surface area (Å²) in [4.78, 5) is 0.998. The molecular formula is C13H15ClFNOS.